The SMILES string of the molecule is CCCC(C(=O)NCc1ccc(C(=O)N2CCCCC2)cc1)c1ccccc1. The van der Waals surface area contributed by atoms with E-state index in [9.17, 15) is 9.59 Å². The van der Waals surface area contributed by atoms with Gasteiger partial charge in [-0.1, -0.05) is 55.8 Å². The lowest BCUT2D eigenvalue weighted by Crippen LogP contribution is -2.35. The molecule has 2 amide bonds. The molecule has 2 aromatic rings. The molecule has 4 nitrogen and oxygen atoms in total. The van der Waals surface area contributed by atoms with Crippen LogP contribution in [0.15, 0.2) is 54.6 Å². The molecule has 1 saturated heterocycles. The van der Waals surface area contributed by atoms with Gasteiger partial charge < -0.3 is 10.2 Å². The molecule has 1 atom stereocenters. The second-order valence-electron chi connectivity index (χ2n) is 7.52. The fraction of sp³-hybridized carbons (Fsp3) is 0.417. The molecule has 1 unspecified atom stereocenters. The average molecular weight is 379 g/mol. The van der Waals surface area contributed by atoms with Gasteiger partial charge in [0.15, 0.2) is 0 Å². The normalized spacial score (nSPS) is 15.1. The van der Waals surface area contributed by atoms with Crippen LogP contribution in [0.3, 0.4) is 0 Å². The maximum atomic E-state index is 12.7. The van der Waals surface area contributed by atoms with E-state index in [0.29, 0.717) is 6.54 Å². The van der Waals surface area contributed by atoms with Gasteiger partial charge >= 0.3 is 0 Å². The first kappa shape index (κ1) is 20.1. The number of amides is 2. The van der Waals surface area contributed by atoms with Crippen LogP contribution in [0.5, 0.6) is 0 Å². The van der Waals surface area contributed by atoms with Gasteiger partial charge in [-0.3, -0.25) is 9.59 Å². The molecule has 28 heavy (non-hydrogen) atoms. The zero-order valence-electron chi connectivity index (χ0n) is 16.7. The minimum atomic E-state index is -0.119. The van der Waals surface area contributed by atoms with Crippen molar-refractivity contribution in [3.05, 3.63) is 71.3 Å². The van der Waals surface area contributed by atoms with E-state index >= 15 is 0 Å². The molecule has 0 bridgehead atoms. The number of piperidine rings is 1. The molecule has 0 saturated carbocycles. The standard InChI is InChI=1S/C24H30N2O2/c1-2-9-22(20-10-5-3-6-11-20)23(27)25-18-19-12-14-21(15-13-19)24(28)26-16-7-4-8-17-26/h3,5-6,10-15,22H,2,4,7-9,16-18H2,1H3,(H,25,27). The predicted octanol–water partition coefficient (Wildman–Crippen LogP) is 4.51. The van der Waals surface area contributed by atoms with E-state index in [1.165, 1.54) is 6.42 Å². The number of hydrogen-bond acceptors (Lipinski definition) is 2. The van der Waals surface area contributed by atoms with Crippen molar-refractivity contribution in [3.63, 3.8) is 0 Å². The van der Waals surface area contributed by atoms with Crippen LogP contribution >= 0.6 is 0 Å². The highest BCUT2D eigenvalue weighted by Gasteiger charge is 2.20. The lowest BCUT2D eigenvalue weighted by atomic mass is 9.93. The minimum absolute atomic E-state index is 0.0570. The second kappa shape index (κ2) is 10.1. The van der Waals surface area contributed by atoms with E-state index in [-0.39, 0.29) is 17.7 Å². The third-order valence-corrected chi connectivity index (χ3v) is 5.41. The Hall–Kier alpha value is -2.62. The Balaban J connectivity index is 1.57. The largest absolute Gasteiger partial charge is 0.351 e. The summed E-state index contributed by atoms with van der Waals surface area (Å²) in [5.41, 5.74) is 2.79. The first-order chi connectivity index (χ1) is 13.7. The molecular formula is C24H30N2O2. The summed E-state index contributed by atoms with van der Waals surface area (Å²) in [6.07, 6.45) is 5.19. The summed E-state index contributed by atoms with van der Waals surface area (Å²) >= 11 is 0. The third-order valence-electron chi connectivity index (χ3n) is 5.41. The van der Waals surface area contributed by atoms with E-state index in [4.69, 9.17) is 0 Å². The molecule has 1 N–H and O–H groups in total. The lowest BCUT2D eigenvalue weighted by Gasteiger charge is -2.26. The van der Waals surface area contributed by atoms with Crippen molar-refractivity contribution in [2.24, 2.45) is 0 Å². The molecule has 1 aliphatic rings. The number of benzene rings is 2. The van der Waals surface area contributed by atoms with Gasteiger partial charge in [-0.25, -0.2) is 0 Å². The van der Waals surface area contributed by atoms with Gasteiger partial charge in [-0.05, 0) is 48.9 Å². The second-order valence-corrected chi connectivity index (χ2v) is 7.52. The Kier molecular flexibility index (Phi) is 7.24. The highest BCUT2D eigenvalue weighted by atomic mass is 16.2. The fourth-order valence-electron chi connectivity index (χ4n) is 3.78. The van der Waals surface area contributed by atoms with E-state index in [2.05, 4.69) is 12.2 Å². The molecule has 1 fully saturated rings. The van der Waals surface area contributed by atoms with Gasteiger partial charge in [-0.2, -0.15) is 0 Å². The summed E-state index contributed by atoms with van der Waals surface area (Å²) in [5, 5.41) is 3.06. The summed E-state index contributed by atoms with van der Waals surface area (Å²) in [6, 6.07) is 17.6. The molecule has 4 heteroatoms. The van der Waals surface area contributed by atoms with Gasteiger partial charge in [0.1, 0.15) is 0 Å². The number of hydrogen-bond donors (Lipinski definition) is 1. The van der Waals surface area contributed by atoms with Crippen LogP contribution in [0.25, 0.3) is 0 Å². The minimum Gasteiger partial charge on any atom is -0.351 e. The van der Waals surface area contributed by atoms with Gasteiger partial charge in [0.2, 0.25) is 5.91 Å². The average Bonchev–Trinajstić information content (AvgIpc) is 2.77. The first-order valence-corrected chi connectivity index (χ1v) is 10.4. The zero-order chi connectivity index (χ0) is 19.8. The van der Waals surface area contributed by atoms with E-state index in [1.807, 2.05) is 59.5 Å². The van der Waals surface area contributed by atoms with Crippen LogP contribution in [-0.4, -0.2) is 29.8 Å². The van der Waals surface area contributed by atoms with Gasteiger partial charge in [0.05, 0.1) is 5.92 Å². The molecule has 3 rings (SSSR count). The van der Waals surface area contributed by atoms with Crippen molar-refractivity contribution in [2.45, 2.75) is 51.5 Å². The first-order valence-electron chi connectivity index (χ1n) is 10.4. The Labute approximate surface area is 167 Å². The van der Waals surface area contributed by atoms with Crippen LogP contribution in [0.2, 0.25) is 0 Å². The van der Waals surface area contributed by atoms with E-state index in [0.717, 1.165) is 55.5 Å². The lowest BCUT2D eigenvalue weighted by molar-refractivity contribution is -0.122. The summed E-state index contributed by atoms with van der Waals surface area (Å²) < 4.78 is 0. The Bertz CT molecular complexity index is 765. The maximum Gasteiger partial charge on any atom is 0.253 e. The summed E-state index contributed by atoms with van der Waals surface area (Å²) in [4.78, 5) is 27.2. The van der Waals surface area contributed by atoms with Gasteiger partial charge in [-0.15, -0.1) is 0 Å². The molecule has 0 aromatic heterocycles. The van der Waals surface area contributed by atoms with E-state index < -0.39 is 0 Å². The third kappa shape index (κ3) is 5.22. The fourth-order valence-corrected chi connectivity index (χ4v) is 3.78. The number of carbonyl (C=O) groups excluding carboxylic acids is 2. The highest BCUT2D eigenvalue weighted by Crippen LogP contribution is 2.21. The van der Waals surface area contributed by atoms with Crippen molar-refractivity contribution in [1.82, 2.24) is 10.2 Å². The maximum absolute atomic E-state index is 12.7. The monoisotopic (exact) mass is 378 g/mol. The molecule has 0 spiro atoms. The number of rotatable bonds is 7. The molecule has 2 aromatic carbocycles. The van der Waals surface area contributed by atoms with Crippen LogP contribution in [0.4, 0.5) is 0 Å². The molecule has 1 aliphatic heterocycles. The zero-order valence-corrected chi connectivity index (χ0v) is 16.7. The number of carbonyl (C=O) groups is 2. The molecule has 0 aliphatic carbocycles. The number of likely N-dealkylation sites (tertiary alicyclic amines) is 1. The topological polar surface area (TPSA) is 49.4 Å². The summed E-state index contributed by atoms with van der Waals surface area (Å²) in [6.45, 7) is 4.29. The van der Waals surface area contributed by atoms with Crippen LogP contribution < -0.4 is 5.32 Å². The van der Waals surface area contributed by atoms with Crippen molar-refractivity contribution < 1.29 is 9.59 Å². The van der Waals surface area contributed by atoms with Gasteiger partial charge in [0, 0.05) is 25.2 Å². The van der Waals surface area contributed by atoms with Gasteiger partial charge in [0.25, 0.3) is 5.91 Å². The summed E-state index contributed by atoms with van der Waals surface area (Å²) in [5.74, 6) is 0.0510. The quantitative estimate of drug-likeness (QED) is 0.770. The Morgan fingerprint density at radius 3 is 2.29 bits per heavy atom. The Morgan fingerprint density at radius 1 is 0.964 bits per heavy atom. The predicted molar refractivity (Wildman–Crippen MR) is 112 cm³/mol. The molecule has 0 radical (unpaired) electrons. The molecule has 1 heterocycles. The van der Waals surface area contributed by atoms with E-state index in [1.54, 1.807) is 0 Å². The van der Waals surface area contributed by atoms with Crippen LogP contribution in [0.1, 0.15) is 66.4 Å². The molecular weight excluding hydrogens is 348 g/mol. The molecule has 148 valence electrons. The number of nitrogens with one attached hydrogen (secondary N) is 1. The smallest absolute Gasteiger partial charge is 0.253 e. The number of nitrogens with zero attached hydrogens (tertiary/aromatic N) is 1. The van der Waals surface area contributed by atoms with Crippen molar-refractivity contribution in [3.8, 4) is 0 Å². The highest BCUT2D eigenvalue weighted by molar-refractivity contribution is 5.94. The summed E-state index contributed by atoms with van der Waals surface area (Å²) in [7, 11) is 0. The van der Waals surface area contributed by atoms with Crippen molar-refractivity contribution in [2.75, 3.05) is 13.1 Å². The van der Waals surface area contributed by atoms with Crippen molar-refractivity contribution in [1.29, 1.82) is 0 Å². The van der Waals surface area contributed by atoms with Crippen molar-refractivity contribution >= 4 is 11.8 Å². The van der Waals surface area contributed by atoms with Crippen LogP contribution in [0, 0.1) is 0 Å². The van der Waals surface area contributed by atoms with Crippen LogP contribution in [-0.2, 0) is 11.3 Å². The Morgan fingerprint density at radius 2 is 1.64 bits per heavy atom.